The Morgan fingerprint density at radius 1 is 1.35 bits per heavy atom. The van der Waals surface area contributed by atoms with E-state index in [1.165, 1.54) is 11.6 Å². The number of halogens is 2. The average molecular weight is 291 g/mol. The molecular formula is C16H16ClFN2. The summed E-state index contributed by atoms with van der Waals surface area (Å²) in [6.45, 7) is 0. The van der Waals surface area contributed by atoms with E-state index in [4.69, 9.17) is 17.3 Å². The highest BCUT2D eigenvalue weighted by Gasteiger charge is 2.29. The average Bonchev–Trinajstić information content (AvgIpc) is 2.46. The molecule has 2 atom stereocenters. The van der Waals surface area contributed by atoms with Crippen LogP contribution < -0.4 is 5.73 Å². The fourth-order valence-electron chi connectivity index (χ4n) is 2.98. The first-order chi connectivity index (χ1) is 9.66. The first-order valence-electron chi connectivity index (χ1n) is 6.81. The summed E-state index contributed by atoms with van der Waals surface area (Å²) in [4.78, 5) is 4.47. The number of aryl methyl sites for hydroxylation is 1. The van der Waals surface area contributed by atoms with Crippen LogP contribution in [0.4, 0.5) is 4.39 Å². The molecule has 0 saturated heterocycles. The van der Waals surface area contributed by atoms with E-state index in [1.54, 1.807) is 18.3 Å². The maximum absolute atomic E-state index is 14.0. The molecule has 2 unspecified atom stereocenters. The van der Waals surface area contributed by atoms with Crippen LogP contribution in [-0.4, -0.2) is 4.98 Å². The number of hydrogen-bond donors (Lipinski definition) is 1. The first kappa shape index (κ1) is 13.5. The molecule has 2 N–H and O–H groups in total. The van der Waals surface area contributed by atoms with Crippen LogP contribution >= 0.6 is 11.6 Å². The molecule has 0 radical (unpaired) electrons. The molecule has 104 valence electrons. The molecule has 1 aromatic heterocycles. The van der Waals surface area contributed by atoms with Crippen molar-refractivity contribution in [2.45, 2.75) is 31.2 Å². The Morgan fingerprint density at radius 3 is 3.00 bits per heavy atom. The maximum atomic E-state index is 14.0. The molecule has 0 spiro atoms. The zero-order chi connectivity index (χ0) is 14.1. The van der Waals surface area contributed by atoms with Gasteiger partial charge >= 0.3 is 0 Å². The third kappa shape index (κ3) is 2.43. The molecule has 1 aromatic carbocycles. The van der Waals surface area contributed by atoms with Gasteiger partial charge in [0.05, 0.1) is 0 Å². The third-order valence-corrected chi connectivity index (χ3v) is 4.23. The van der Waals surface area contributed by atoms with Crippen LogP contribution in [0.2, 0.25) is 5.02 Å². The van der Waals surface area contributed by atoms with Gasteiger partial charge in [-0.25, -0.2) is 4.39 Å². The van der Waals surface area contributed by atoms with Gasteiger partial charge in [-0.15, -0.1) is 0 Å². The second-order valence-corrected chi connectivity index (χ2v) is 5.67. The van der Waals surface area contributed by atoms with Gasteiger partial charge in [0.15, 0.2) is 0 Å². The lowest BCUT2D eigenvalue weighted by Crippen LogP contribution is -2.25. The molecule has 1 heterocycles. The highest BCUT2D eigenvalue weighted by atomic mass is 35.5. The molecule has 0 aliphatic heterocycles. The number of rotatable bonds is 2. The van der Waals surface area contributed by atoms with E-state index in [-0.39, 0.29) is 17.8 Å². The zero-order valence-corrected chi connectivity index (χ0v) is 11.8. The fraction of sp³-hybridized carbons (Fsp3) is 0.312. The fourth-order valence-corrected chi connectivity index (χ4v) is 3.14. The maximum Gasteiger partial charge on any atom is 0.129 e. The topological polar surface area (TPSA) is 38.9 Å². The lowest BCUT2D eigenvalue weighted by Gasteiger charge is -2.29. The molecule has 1 aliphatic rings. The van der Waals surface area contributed by atoms with Gasteiger partial charge < -0.3 is 5.73 Å². The summed E-state index contributed by atoms with van der Waals surface area (Å²) in [5.74, 6) is -0.274. The van der Waals surface area contributed by atoms with Crippen LogP contribution in [0.3, 0.4) is 0 Å². The smallest absolute Gasteiger partial charge is 0.129 e. The lowest BCUT2D eigenvalue weighted by atomic mass is 9.80. The molecule has 2 aromatic rings. The summed E-state index contributed by atoms with van der Waals surface area (Å²) < 4.78 is 14.0. The summed E-state index contributed by atoms with van der Waals surface area (Å²) in [5, 5.41) is 0.389. The van der Waals surface area contributed by atoms with Crippen LogP contribution in [0.25, 0.3) is 0 Å². The largest absolute Gasteiger partial charge is 0.323 e. The Balaban J connectivity index is 1.97. The normalized spacial score (nSPS) is 19.4. The van der Waals surface area contributed by atoms with E-state index in [9.17, 15) is 4.39 Å². The number of hydrogen-bond acceptors (Lipinski definition) is 2. The van der Waals surface area contributed by atoms with Crippen LogP contribution in [0.5, 0.6) is 0 Å². The van der Waals surface area contributed by atoms with E-state index >= 15 is 0 Å². The van der Waals surface area contributed by atoms with Crippen molar-refractivity contribution in [2.24, 2.45) is 5.73 Å². The molecule has 20 heavy (non-hydrogen) atoms. The Kier molecular flexibility index (Phi) is 3.72. The van der Waals surface area contributed by atoms with Crippen molar-refractivity contribution in [1.29, 1.82) is 0 Å². The number of nitrogens with zero attached hydrogens (tertiary/aromatic N) is 1. The predicted octanol–water partition coefficient (Wildman–Crippen LogP) is 3.99. The summed E-state index contributed by atoms with van der Waals surface area (Å²) >= 11 is 5.80. The van der Waals surface area contributed by atoms with Gasteiger partial charge in [-0.1, -0.05) is 23.7 Å². The van der Waals surface area contributed by atoms with E-state index < -0.39 is 0 Å². The molecule has 3 rings (SSSR count). The van der Waals surface area contributed by atoms with Crippen LogP contribution in [0.15, 0.2) is 36.5 Å². The highest BCUT2D eigenvalue weighted by Crippen LogP contribution is 2.38. The Morgan fingerprint density at radius 2 is 2.20 bits per heavy atom. The van der Waals surface area contributed by atoms with Gasteiger partial charge in [-0.05, 0) is 43.0 Å². The van der Waals surface area contributed by atoms with Gasteiger partial charge in [0, 0.05) is 34.4 Å². The van der Waals surface area contributed by atoms with Gasteiger partial charge in [0.1, 0.15) is 5.82 Å². The molecule has 0 amide bonds. The Hall–Kier alpha value is -1.45. The van der Waals surface area contributed by atoms with Crippen molar-refractivity contribution >= 4 is 11.6 Å². The number of benzene rings is 1. The highest BCUT2D eigenvalue weighted by molar-refractivity contribution is 6.30. The first-order valence-corrected chi connectivity index (χ1v) is 7.19. The van der Waals surface area contributed by atoms with Crippen molar-refractivity contribution in [3.05, 3.63) is 64.2 Å². The van der Waals surface area contributed by atoms with Gasteiger partial charge in [0.2, 0.25) is 0 Å². The standard InChI is InChI=1S/C16H16ClFN2/c17-11-6-7-12(14(18)9-11)15(19)13-5-1-3-10-4-2-8-20-16(10)13/h2,4,6-9,13,15H,1,3,5,19H2. The Labute approximate surface area is 122 Å². The molecule has 2 nitrogen and oxygen atoms in total. The number of pyridine rings is 1. The van der Waals surface area contributed by atoms with Crippen molar-refractivity contribution in [3.8, 4) is 0 Å². The second kappa shape index (κ2) is 5.51. The number of fused-ring (bicyclic) bond motifs is 1. The summed E-state index contributed by atoms with van der Waals surface area (Å²) in [5.41, 5.74) is 9.07. The van der Waals surface area contributed by atoms with E-state index in [0.717, 1.165) is 25.0 Å². The van der Waals surface area contributed by atoms with Crippen molar-refractivity contribution in [3.63, 3.8) is 0 Å². The van der Waals surface area contributed by atoms with Crippen LogP contribution in [-0.2, 0) is 6.42 Å². The monoisotopic (exact) mass is 290 g/mol. The van der Waals surface area contributed by atoms with Gasteiger partial charge in [-0.2, -0.15) is 0 Å². The van der Waals surface area contributed by atoms with Crippen LogP contribution in [0, 0.1) is 5.82 Å². The van der Waals surface area contributed by atoms with Gasteiger partial charge in [-0.3, -0.25) is 4.98 Å². The predicted molar refractivity (Wildman–Crippen MR) is 78.3 cm³/mol. The minimum atomic E-state index is -0.388. The second-order valence-electron chi connectivity index (χ2n) is 5.24. The summed E-state index contributed by atoms with van der Waals surface area (Å²) in [6.07, 6.45) is 4.80. The minimum absolute atomic E-state index is 0.0654. The minimum Gasteiger partial charge on any atom is -0.323 e. The van der Waals surface area contributed by atoms with Crippen molar-refractivity contribution in [1.82, 2.24) is 4.98 Å². The Bertz CT molecular complexity index is 630. The van der Waals surface area contributed by atoms with E-state index in [1.807, 2.05) is 6.07 Å². The third-order valence-electron chi connectivity index (χ3n) is 3.99. The number of aromatic nitrogens is 1. The van der Waals surface area contributed by atoms with E-state index in [2.05, 4.69) is 11.1 Å². The molecule has 0 saturated carbocycles. The summed E-state index contributed by atoms with van der Waals surface area (Å²) in [6, 6.07) is 8.32. The SMILES string of the molecule is NC(c1ccc(Cl)cc1F)C1CCCc2cccnc21. The van der Waals surface area contributed by atoms with Crippen LogP contribution in [0.1, 0.15) is 41.6 Å². The molecule has 0 fully saturated rings. The lowest BCUT2D eigenvalue weighted by molar-refractivity contribution is 0.448. The number of nitrogens with two attached hydrogens (primary N) is 1. The molecule has 4 heteroatoms. The van der Waals surface area contributed by atoms with Gasteiger partial charge in [0.25, 0.3) is 0 Å². The zero-order valence-electron chi connectivity index (χ0n) is 11.0. The summed E-state index contributed by atoms with van der Waals surface area (Å²) in [7, 11) is 0. The molecular weight excluding hydrogens is 275 g/mol. The van der Waals surface area contributed by atoms with Crippen molar-refractivity contribution < 1.29 is 4.39 Å². The molecule has 1 aliphatic carbocycles. The van der Waals surface area contributed by atoms with E-state index in [0.29, 0.717) is 10.6 Å². The quantitative estimate of drug-likeness (QED) is 0.908. The molecule has 0 bridgehead atoms. The van der Waals surface area contributed by atoms with Crippen molar-refractivity contribution in [2.75, 3.05) is 0 Å².